The Kier molecular flexibility index (Phi) is 5.07. The van der Waals surface area contributed by atoms with Crippen LogP contribution in [-0.2, 0) is 0 Å². The Labute approximate surface area is 152 Å². The third-order valence-corrected chi connectivity index (χ3v) is 4.36. The molecule has 1 aromatic heterocycles. The van der Waals surface area contributed by atoms with Gasteiger partial charge in [-0.05, 0) is 63.2 Å². The molecule has 0 bridgehead atoms. The second kappa shape index (κ2) is 7.44. The maximum absolute atomic E-state index is 11.0. The third-order valence-electron chi connectivity index (χ3n) is 4.36. The van der Waals surface area contributed by atoms with Crippen LogP contribution in [0.2, 0.25) is 0 Å². The normalized spacial score (nSPS) is 10.7. The number of benzene rings is 2. The molecular formula is C21H22N2O3. The molecule has 0 amide bonds. The van der Waals surface area contributed by atoms with Crippen molar-refractivity contribution < 1.29 is 14.6 Å². The van der Waals surface area contributed by atoms with Crippen molar-refractivity contribution >= 4 is 22.4 Å². The molecule has 2 aromatic carbocycles. The fourth-order valence-electron chi connectivity index (χ4n) is 3.05. The van der Waals surface area contributed by atoms with Gasteiger partial charge in [0.25, 0.3) is 0 Å². The number of hydrogen-bond donors (Lipinski definition) is 1. The molecule has 0 aliphatic rings. The van der Waals surface area contributed by atoms with E-state index in [0.717, 1.165) is 35.2 Å². The Morgan fingerprint density at radius 2 is 1.77 bits per heavy atom. The van der Waals surface area contributed by atoms with Gasteiger partial charge in [-0.3, -0.25) is 0 Å². The highest BCUT2D eigenvalue weighted by atomic mass is 16.5. The number of pyridine rings is 1. The summed E-state index contributed by atoms with van der Waals surface area (Å²) in [6.07, 6.45) is 0. The Balaban J connectivity index is 2.06. The van der Waals surface area contributed by atoms with E-state index in [1.165, 1.54) is 12.1 Å². The van der Waals surface area contributed by atoms with Gasteiger partial charge in [0, 0.05) is 35.2 Å². The van der Waals surface area contributed by atoms with Crippen LogP contribution in [0.25, 0.3) is 10.8 Å². The van der Waals surface area contributed by atoms with Gasteiger partial charge >= 0.3 is 5.97 Å². The van der Waals surface area contributed by atoms with Crippen molar-refractivity contribution in [1.82, 2.24) is 4.98 Å². The van der Waals surface area contributed by atoms with Gasteiger partial charge in [0.1, 0.15) is 5.75 Å². The summed E-state index contributed by atoms with van der Waals surface area (Å²) in [5.41, 5.74) is 2.25. The molecule has 0 fully saturated rings. The van der Waals surface area contributed by atoms with Gasteiger partial charge in [0.15, 0.2) is 0 Å². The number of anilines is 1. The molecular weight excluding hydrogens is 328 g/mol. The van der Waals surface area contributed by atoms with Gasteiger partial charge in [-0.25, -0.2) is 9.78 Å². The molecule has 0 saturated heterocycles. The van der Waals surface area contributed by atoms with Crippen LogP contribution in [0.3, 0.4) is 0 Å². The molecule has 0 radical (unpaired) electrons. The number of aryl methyl sites for hydroxylation is 1. The average Bonchev–Trinajstić information content (AvgIpc) is 2.63. The molecule has 5 heteroatoms. The van der Waals surface area contributed by atoms with E-state index in [1.807, 2.05) is 19.1 Å². The summed E-state index contributed by atoms with van der Waals surface area (Å²) in [5, 5.41) is 11.0. The first-order valence-corrected chi connectivity index (χ1v) is 8.70. The van der Waals surface area contributed by atoms with Gasteiger partial charge in [0.05, 0.1) is 5.56 Å². The van der Waals surface area contributed by atoms with Crippen molar-refractivity contribution in [3.05, 3.63) is 59.8 Å². The molecule has 1 heterocycles. The highest BCUT2D eigenvalue weighted by molar-refractivity contribution is 5.97. The number of carboxylic acids is 1. The van der Waals surface area contributed by atoms with Crippen LogP contribution in [0.15, 0.2) is 48.5 Å². The zero-order valence-corrected chi connectivity index (χ0v) is 15.2. The van der Waals surface area contributed by atoms with Crippen molar-refractivity contribution in [3.8, 4) is 11.6 Å². The monoisotopic (exact) mass is 350 g/mol. The summed E-state index contributed by atoms with van der Waals surface area (Å²) >= 11 is 0. The minimum Gasteiger partial charge on any atom is -0.478 e. The van der Waals surface area contributed by atoms with E-state index in [4.69, 9.17) is 9.84 Å². The number of fused-ring (bicyclic) bond motifs is 1. The number of nitrogens with zero attached hydrogens (tertiary/aromatic N) is 2. The lowest BCUT2D eigenvalue weighted by molar-refractivity contribution is 0.0697. The molecule has 0 spiro atoms. The molecule has 134 valence electrons. The van der Waals surface area contributed by atoms with Gasteiger partial charge in [-0.2, -0.15) is 0 Å². The number of rotatable bonds is 6. The van der Waals surface area contributed by atoms with E-state index in [-0.39, 0.29) is 5.56 Å². The second-order valence-electron chi connectivity index (χ2n) is 6.04. The Morgan fingerprint density at radius 3 is 2.38 bits per heavy atom. The minimum atomic E-state index is -0.959. The molecule has 0 saturated carbocycles. The van der Waals surface area contributed by atoms with Crippen molar-refractivity contribution in [2.24, 2.45) is 0 Å². The zero-order chi connectivity index (χ0) is 18.7. The third kappa shape index (κ3) is 3.47. The SMILES string of the molecule is CCN(CC)c1cccc2c(Oc3ccc(C(=O)O)cc3)nc(C)cc12. The Bertz CT molecular complexity index is 932. The smallest absolute Gasteiger partial charge is 0.335 e. The van der Waals surface area contributed by atoms with E-state index in [1.54, 1.807) is 12.1 Å². The van der Waals surface area contributed by atoms with E-state index in [0.29, 0.717) is 11.6 Å². The maximum atomic E-state index is 11.0. The van der Waals surface area contributed by atoms with E-state index in [9.17, 15) is 4.79 Å². The molecule has 26 heavy (non-hydrogen) atoms. The first-order chi connectivity index (χ1) is 12.5. The van der Waals surface area contributed by atoms with Crippen LogP contribution < -0.4 is 9.64 Å². The van der Waals surface area contributed by atoms with Gasteiger partial charge in [-0.1, -0.05) is 6.07 Å². The van der Waals surface area contributed by atoms with Crippen molar-refractivity contribution in [1.29, 1.82) is 0 Å². The van der Waals surface area contributed by atoms with Crippen LogP contribution in [0, 0.1) is 6.92 Å². The predicted octanol–water partition coefficient (Wildman–Crippen LogP) is 4.88. The molecule has 5 nitrogen and oxygen atoms in total. The minimum absolute atomic E-state index is 0.225. The summed E-state index contributed by atoms with van der Waals surface area (Å²) in [7, 11) is 0. The number of aromatic carboxylic acids is 1. The van der Waals surface area contributed by atoms with Crippen LogP contribution >= 0.6 is 0 Å². The summed E-state index contributed by atoms with van der Waals surface area (Å²) < 4.78 is 5.99. The summed E-state index contributed by atoms with van der Waals surface area (Å²) in [6, 6.07) is 14.5. The number of hydrogen-bond acceptors (Lipinski definition) is 4. The van der Waals surface area contributed by atoms with Crippen molar-refractivity contribution in [2.45, 2.75) is 20.8 Å². The summed E-state index contributed by atoms with van der Waals surface area (Å²) in [4.78, 5) is 17.8. The Morgan fingerprint density at radius 1 is 1.08 bits per heavy atom. The van der Waals surface area contributed by atoms with Crippen LogP contribution in [0.1, 0.15) is 29.9 Å². The standard InChI is InChI=1S/C21H22N2O3/c1-4-23(5-2)19-8-6-7-17-18(19)13-14(3)22-20(17)26-16-11-9-15(10-12-16)21(24)25/h6-13H,4-5H2,1-3H3,(H,24,25). The highest BCUT2D eigenvalue weighted by Crippen LogP contribution is 2.34. The van der Waals surface area contributed by atoms with Crippen molar-refractivity contribution in [3.63, 3.8) is 0 Å². The summed E-state index contributed by atoms with van der Waals surface area (Å²) in [5.74, 6) is 0.124. The first kappa shape index (κ1) is 17.7. The molecule has 3 rings (SSSR count). The maximum Gasteiger partial charge on any atom is 0.335 e. The highest BCUT2D eigenvalue weighted by Gasteiger charge is 2.13. The largest absolute Gasteiger partial charge is 0.478 e. The molecule has 0 unspecified atom stereocenters. The van der Waals surface area contributed by atoms with Gasteiger partial charge < -0.3 is 14.7 Å². The summed E-state index contributed by atoms with van der Waals surface area (Å²) in [6.45, 7) is 8.06. The van der Waals surface area contributed by atoms with E-state index >= 15 is 0 Å². The van der Waals surface area contributed by atoms with Crippen LogP contribution in [-0.4, -0.2) is 29.1 Å². The lowest BCUT2D eigenvalue weighted by Crippen LogP contribution is -2.22. The molecule has 0 aliphatic carbocycles. The molecule has 0 atom stereocenters. The fourth-order valence-corrected chi connectivity index (χ4v) is 3.05. The van der Waals surface area contributed by atoms with E-state index in [2.05, 4.69) is 35.9 Å². The topological polar surface area (TPSA) is 62.7 Å². The predicted molar refractivity (Wildman–Crippen MR) is 104 cm³/mol. The number of aromatic nitrogens is 1. The van der Waals surface area contributed by atoms with Gasteiger partial charge in [0.2, 0.25) is 5.88 Å². The first-order valence-electron chi connectivity index (χ1n) is 8.70. The van der Waals surface area contributed by atoms with Crippen LogP contribution in [0.4, 0.5) is 5.69 Å². The molecule has 0 aliphatic heterocycles. The number of carboxylic acid groups (broad SMARTS) is 1. The fraction of sp³-hybridized carbons (Fsp3) is 0.238. The lowest BCUT2D eigenvalue weighted by atomic mass is 10.1. The van der Waals surface area contributed by atoms with E-state index < -0.39 is 5.97 Å². The molecule has 1 N–H and O–H groups in total. The number of ether oxygens (including phenoxy) is 1. The number of carbonyl (C=O) groups is 1. The van der Waals surface area contributed by atoms with Crippen molar-refractivity contribution in [2.75, 3.05) is 18.0 Å². The Hall–Kier alpha value is -3.08. The molecule has 3 aromatic rings. The second-order valence-corrected chi connectivity index (χ2v) is 6.04. The van der Waals surface area contributed by atoms with Gasteiger partial charge in [-0.15, -0.1) is 0 Å². The average molecular weight is 350 g/mol. The van der Waals surface area contributed by atoms with Crippen LogP contribution in [0.5, 0.6) is 11.6 Å². The lowest BCUT2D eigenvalue weighted by Gasteiger charge is -2.23. The zero-order valence-electron chi connectivity index (χ0n) is 15.2. The quantitative estimate of drug-likeness (QED) is 0.686.